The smallest absolute Gasteiger partial charge is 0.308 e. The molecule has 0 fully saturated rings. The van der Waals surface area contributed by atoms with Crippen LogP contribution in [0.15, 0.2) is 24.3 Å². The first-order valence-corrected chi connectivity index (χ1v) is 8.09. The second-order valence-corrected chi connectivity index (χ2v) is 6.53. The van der Waals surface area contributed by atoms with Gasteiger partial charge in [0.2, 0.25) is 0 Å². The zero-order valence-electron chi connectivity index (χ0n) is 15.5. The van der Waals surface area contributed by atoms with Crippen molar-refractivity contribution in [3.05, 3.63) is 29.8 Å². The number of hydrogen-bond acceptors (Lipinski definition) is 5. The van der Waals surface area contributed by atoms with E-state index in [9.17, 15) is 9.59 Å². The number of ether oxygens (including phenoxy) is 1. The van der Waals surface area contributed by atoms with Gasteiger partial charge in [0.05, 0.1) is 12.0 Å². The molecule has 0 radical (unpaired) electrons. The largest absolute Gasteiger partial charge is 0.455 e. The van der Waals surface area contributed by atoms with Crippen molar-refractivity contribution in [1.82, 2.24) is 10.2 Å². The fourth-order valence-electron chi connectivity index (χ4n) is 2.16. The maximum atomic E-state index is 11.9. The molecule has 134 valence electrons. The summed E-state index contributed by atoms with van der Waals surface area (Å²) in [5, 5.41) is 2.83. The van der Waals surface area contributed by atoms with Crippen LogP contribution in [0.4, 0.5) is 5.69 Å². The van der Waals surface area contributed by atoms with Crippen molar-refractivity contribution in [3.8, 4) is 0 Å². The average Bonchev–Trinajstić information content (AvgIpc) is 2.52. The van der Waals surface area contributed by atoms with Crippen molar-refractivity contribution in [2.45, 2.75) is 19.9 Å². The number of rotatable bonds is 8. The predicted octanol–water partition coefficient (Wildman–Crippen LogP) is 1.67. The van der Waals surface area contributed by atoms with Crippen LogP contribution in [0.25, 0.3) is 0 Å². The minimum Gasteiger partial charge on any atom is -0.455 e. The van der Waals surface area contributed by atoms with Crippen molar-refractivity contribution < 1.29 is 14.3 Å². The Morgan fingerprint density at radius 2 is 1.67 bits per heavy atom. The van der Waals surface area contributed by atoms with Crippen LogP contribution in [0.2, 0.25) is 0 Å². The fraction of sp³-hybridized carbons (Fsp3) is 0.556. The van der Waals surface area contributed by atoms with E-state index in [0.717, 1.165) is 11.3 Å². The first-order valence-electron chi connectivity index (χ1n) is 8.09. The molecule has 1 aromatic carbocycles. The van der Waals surface area contributed by atoms with Gasteiger partial charge in [0.15, 0.2) is 6.61 Å². The van der Waals surface area contributed by atoms with E-state index in [4.69, 9.17) is 4.74 Å². The Hall–Kier alpha value is -2.08. The number of anilines is 1. The van der Waals surface area contributed by atoms with Gasteiger partial charge in [0.25, 0.3) is 5.91 Å². The van der Waals surface area contributed by atoms with Crippen LogP contribution in [-0.2, 0) is 14.3 Å². The van der Waals surface area contributed by atoms with Crippen molar-refractivity contribution in [2.75, 3.05) is 46.2 Å². The van der Waals surface area contributed by atoms with Gasteiger partial charge in [0, 0.05) is 26.3 Å². The number of likely N-dealkylation sites (N-methyl/N-ethyl adjacent to an activating group) is 1. The zero-order valence-corrected chi connectivity index (χ0v) is 15.5. The first-order chi connectivity index (χ1) is 11.2. The Balaban J connectivity index is 2.60. The standard InChI is InChI=1S/C18H29N3O3/c1-13(2)18(23)24-12-17(22)19-11-16(21(5)6)14-7-9-15(10-8-14)20(3)4/h7-10,13,16H,11-12H2,1-6H3,(H,19,22). The lowest BCUT2D eigenvalue weighted by molar-refractivity contribution is -0.151. The van der Waals surface area contributed by atoms with E-state index in [1.807, 2.05) is 38.0 Å². The van der Waals surface area contributed by atoms with Gasteiger partial charge in [-0.25, -0.2) is 0 Å². The number of hydrogen-bond donors (Lipinski definition) is 1. The Morgan fingerprint density at radius 1 is 1.08 bits per heavy atom. The Kier molecular flexibility index (Phi) is 7.71. The molecule has 0 spiro atoms. The zero-order chi connectivity index (χ0) is 18.3. The number of benzene rings is 1. The number of esters is 1. The molecule has 0 saturated carbocycles. The highest BCUT2D eigenvalue weighted by atomic mass is 16.5. The molecule has 1 atom stereocenters. The van der Waals surface area contributed by atoms with E-state index in [2.05, 4.69) is 29.6 Å². The number of carbonyl (C=O) groups is 2. The lowest BCUT2D eigenvalue weighted by Gasteiger charge is -2.25. The predicted molar refractivity (Wildman–Crippen MR) is 96.0 cm³/mol. The third kappa shape index (κ3) is 6.20. The molecule has 1 amide bonds. The minimum atomic E-state index is -0.367. The van der Waals surface area contributed by atoms with Crippen LogP contribution in [0.5, 0.6) is 0 Å². The maximum Gasteiger partial charge on any atom is 0.308 e. The summed E-state index contributed by atoms with van der Waals surface area (Å²) >= 11 is 0. The van der Waals surface area contributed by atoms with Gasteiger partial charge in [-0.2, -0.15) is 0 Å². The van der Waals surface area contributed by atoms with Crippen LogP contribution in [0.1, 0.15) is 25.5 Å². The van der Waals surface area contributed by atoms with Gasteiger partial charge in [-0.15, -0.1) is 0 Å². The van der Waals surface area contributed by atoms with E-state index in [1.54, 1.807) is 13.8 Å². The lowest BCUT2D eigenvalue weighted by Crippen LogP contribution is -2.37. The van der Waals surface area contributed by atoms with Gasteiger partial charge < -0.3 is 19.9 Å². The first kappa shape index (κ1) is 20.0. The maximum absolute atomic E-state index is 11.9. The SMILES string of the molecule is CC(C)C(=O)OCC(=O)NCC(c1ccc(N(C)C)cc1)N(C)C. The van der Waals surface area contributed by atoms with Crippen LogP contribution < -0.4 is 10.2 Å². The van der Waals surface area contributed by atoms with Gasteiger partial charge in [-0.3, -0.25) is 9.59 Å². The van der Waals surface area contributed by atoms with Crippen LogP contribution in [-0.4, -0.2) is 58.1 Å². The molecule has 1 unspecified atom stereocenters. The summed E-state index contributed by atoms with van der Waals surface area (Å²) in [6.07, 6.45) is 0. The third-order valence-electron chi connectivity index (χ3n) is 3.73. The topological polar surface area (TPSA) is 61.9 Å². The summed E-state index contributed by atoms with van der Waals surface area (Å²) in [5.41, 5.74) is 2.24. The molecule has 6 nitrogen and oxygen atoms in total. The molecule has 0 aliphatic heterocycles. The molecule has 1 N–H and O–H groups in total. The van der Waals surface area contributed by atoms with Crippen molar-refractivity contribution in [1.29, 1.82) is 0 Å². The number of nitrogens with one attached hydrogen (secondary N) is 1. The Bertz CT molecular complexity index is 539. The molecule has 1 aromatic rings. The molecule has 0 aromatic heterocycles. The van der Waals surface area contributed by atoms with E-state index in [-0.39, 0.29) is 30.4 Å². The highest BCUT2D eigenvalue weighted by Crippen LogP contribution is 2.20. The number of carbonyl (C=O) groups excluding carboxylic acids is 2. The Morgan fingerprint density at radius 3 is 2.12 bits per heavy atom. The van der Waals surface area contributed by atoms with Gasteiger partial charge in [-0.05, 0) is 31.8 Å². The minimum absolute atomic E-state index is 0.0472. The molecule has 0 saturated heterocycles. The molecule has 1 rings (SSSR count). The number of nitrogens with zero attached hydrogens (tertiary/aromatic N) is 2. The summed E-state index contributed by atoms with van der Waals surface area (Å²) < 4.78 is 4.94. The van der Waals surface area contributed by atoms with Crippen LogP contribution in [0.3, 0.4) is 0 Å². The monoisotopic (exact) mass is 335 g/mol. The second kappa shape index (κ2) is 9.27. The average molecular weight is 335 g/mol. The molecule has 0 aliphatic carbocycles. The molecule has 6 heteroatoms. The quantitative estimate of drug-likeness (QED) is 0.732. The van der Waals surface area contributed by atoms with E-state index < -0.39 is 0 Å². The van der Waals surface area contributed by atoms with Crippen molar-refractivity contribution in [3.63, 3.8) is 0 Å². The summed E-state index contributed by atoms with van der Waals surface area (Å²) in [6.45, 7) is 3.68. The summed E-state index contributed by atoms with van der Waals surface area (Å²) in [6, 6.07) is 8.28. The Labute approximate surface area is 144 Å². The van der Waals surface area contributed by atoms with Crippen molar-refractivity contribution >= 4 is 17.6 Å². The second-order valence-electron chi connectivity index (χ2n) is 6.53. The highest BCUT2D eigenvalue weighted by molar-refractivity contribution is 5.81. The van der Waals surface area contributed by atoms with Gasteiger partial charge in [0.1, 0.15) is 0 Å². The molecular weight excluding hydrogens is 306 g/mol. The van der Waals surface area contributed by atoms with E-state index in [0.29, 0.717) is 6.54 Å². The van der Waals surface area contributed by atoms with E-state index >= 15 is 0 Å². The van der Waals surface area contributed by atoms with Crippen LogP contribution >= 0.6 is 0 Å². The third-order valence-corrected chi connectivity index (χ3v) is 3.73. The summed E-state index contributed by atoms with van der Waals surface area (Å²) in [7, 11) is 7.93. The normalized spacial score (nSPS) is 12.2. The van der Waals surface area contributed by atoms with Crippen molar-refractivity contribution in [2.24, 2.45) is 5.92 Å². The fourth-order valence-corrected chi connectivity index (χ4v) is 2.16. The molecule has 0 bridgehead atoms. The summed E-state index contributed by atoms with van der Waals surface area (Å²) in [5.74, 6) is -0.892. The summed E-state index contributed by atoms with van der Waals surface area (Å²) in [4.78, 5) is 27.3. The highest BCUT2D eigenvalue weighted by Gasteiger charge is 2.16. The molecular formula is C18H29N3O3. The molecule has 24 heavy (non-hydrogen) atoms. The number of amides is 1. The van der Waals surface area contributed by atoms with Gasteiger partial charge >= 0.3 is 5.97 Å². The molecule has 0 aliphatic rings. The lowest BCUT2D eigenvalue weighted by atomic mass is 10.1. The van der Waals surface area contributed by atoms with E-state index in [1.165, 1.54) is 0 Å². The van der Waals surface area contributed by atoms with Gasteiger partial charge in [-0.1, -0.05) is 26.0 Å². The van der Waals surface area contributed by atoms with Crippen LogP contribution in [0, 0.1) is 5.92 Å². The molecule has 0 heterocycles.